The normalized spacial score (nSPS) is 11.7. The SMILES string of the molecule is Cc1cc(N=Cc2cc(C)n(C(C)C)c2)ccc1F. The van der Waals surface area contributed by atoms with Crippen molar-refractivity contribution in [2.75, 3.05) is 0 Å². The van der Waals surface area contributed by atoms with Crippen molar-refractivity contribution in [3.63, 3.8) is 0 Å². The van der Waals surface area contributed by atoms with Gasteiger partial charge in [-0.05, 0) is 57.5 Å². The fraction of sp³-hybridized carbons (Fsp3) is 0.312. The molecule has 1 heterocycles. The van der Waals surface area contributed by atoms with E-state index in [-0.39, 0.29) is 5.82 Å². The summed E-state index contributed by atoms with van der Waals surface area (Å²) in [5.74, 6) is -0.194. The molecule has 0 aliphatic rings. The Bertz CT molecular complexity index is 609. The van der Waals surface area contributed by atoms with Gasteiger partial charge in [-0.25, -0.2) is 4.39 Å². The first-order chi connectivity index (χ1) is 8.97. The third-order valence-electron chi connectivity index (χ3n) is 3.13. The summed E-state index contributed by atoms with van der Waals surface area (Å²) in [6.45, 7) is 8.13. The van der Waals surface area contributed by atoms with E-state index in [2.05, 4.69) is 42.6 Å². The van der Waals surface area contributed by atoms with Gasteiger partial charge in [0, 0.05) is 29.7 Å². The summed E-state index contributed by atoms with van der Waals surface area (Å²) in [5.41, 5.74) is 3.67. The Kier molecular flexibility index (Phi) is 3.84. The predicted octanol–water partition coefficient (Wildman–Crippen LogP) is 4.58. The number of benzene rings is 1. The van der Waals surface area contributed by atoms with Gasteiger partial charge in [0.2, 0.25) is 0 Å². The van der Waals surface area contributed by atoms with Gasteiger partial charge >= 0.3 is 0 Å². The molecule has 3 heteroatoms. The van der Waals surface area contributed by atoms with Crippen molar-refractivity contribution in [2.45, 2.75) is 33.7 Å². The summed E-state index contributed by atoms with van der Waals surface area (Å²) in [7, 11) is 0. The van der Waals surface area contributed by atoms with Gasteiger partial charge in [0.25, 0.3) is 0 Å². The quantitative estimate of drug-likeness (QED) is 0.717. The van der Waals surface area contributed by atoms with Crippen LogP contribution in [-0.4, -0.2) is 10.8 Å². The van der Waals surface area contributed by atoms with Crippen LogP contribution in [0.2, 0.25) is 0 Å². The van der Waals surface area contributed by atoms with Crippen LogP contribution in [0.25, 0.3) is 0 Å². The van der Waals surface area contributed by atoms with Crippen LogP contribution in [0, 0.1) is 19.7 Å². The van der Waals surface area contributed by atoms with E-state index in [1.54, 1.807) is 19.1 Å². The smallest absolute Gasteiger partial charge is 0.126 e. The lowest BCUT2D eigenvalue weighted by Gasteiger charge is -2.08. The molecular formula is C16H19FN2. The Morgan fingerprint density at radius 1 is 1.21 bits per heavy atom. The minimum Gasteiger partial charge on any atom is -0.349 e. The van der Waals surface area contributed by atoms with E-state index in [0.29, 0.717) is 11.6 Å². The fourth-order valence-corrected chi connectivity index (χ4v) is 2.10. The van der Waals surface area contributed by atoms with Gasteiger partial charge in [-0.1, -0.05) is 0 Å². The summed E-state index contributed by atoms with van der Waals surface area (Å²) >= 11 is 0. The number of hydrogen-bond acceptors (Lipinski definition) is 1. The maximum Gasteiger partial charge on any atom is 0.126 e. The molecule has 0 saturated heterocycles. The van der Waals surface area contributed by atoms with E-state index in [0.717, 1.165) is 11.3 Å². The Balaban J connectivity index is 2.22. The molecule has 2 nitrogen and oxygen atoms in total. The lowest BCUT2D eigenvalue weighted by molar-refractivity contribution is 0.589. The summed E-state index contributed by atoms with van der Waals surface area (Å²) in [5, 5.41) is 0. The number of nitrogens with zero attached hydrogens (tertiary/aromatic N) is 2. The second-order valence-corrected chi connectivity index (χ2v) is 5.11. The van der Waals surface area contributed by atoms with Crippen LogP contribution in [0.1, 0.15) is 36.7 Å². The predicted molar refractivity (Wildman–Crippen MR) is 77.9 cm³/mol. The molecule has 0 spiro atoms. The Morgan fingerprint density at radius 2 is 1.95 bits per heavy atom. The lowest BCUT2D eigenvalue weighted by Crippen LogP contribution is -2.00. The van der Waals surface area contributed by atoms with Gasteiger partial charge in [0.15, 0.2) is 0 Å². The average molecular weight is 258 g/mol. The first-order valence-corrected chi connectivity index (χ1v) is 6.46. The summed E-state index contributed by atoms with van der Waals surface area (Å²) in [6.07, 6.45) is 3.90. The molecule has 2 rings (SSSR count). The fourth-order valence-electron chi connectivity index (χ4n) is 2.10. The molecule has 2 aromatic rings. The van der Waals surface area contributed by atoms with E-state index >= 15 is 0 Å². The molecule has 0 aliphatic carbocycles. The second-order valence-electron chi connectivity index (χ2n) is 5.11. The minimum atomic E-state index is -0.194. The largest absolute Gasteiger partial charge is 0.349 e. The topological polar surface area (TPSA) is 17.3 Å². The highest BCUT2D eigenvalue weighted by atomic mass is 19.1. The van der Waals surface area contributed by atoms with Crippen molar-refractivity contribution in [1.82, 2.24) is 4.57 Å². The first-order valence-electron chi connectivity index (χ1n) is 6.46. The summed E-state index contributed by atoms with van der Waals surface area (Å²) in [6, 6.07) is 7.42. The number of rotatable bonds is 3. The van der Waals surface area contributed by atoms with Crippen LogP contribution < -0.4 is 0 Å². The molecular weight excluding hydrogens is 239 g/mol. The maximum absolute atomic E-state index is 13.2. The van der Waals surface area contributed by atoms with Gasteiger partial charge in [0.05, 0.1) is 5.69 Å². The van der Waals surface area contributed by atoms with E-state index in [1.807, 2.05) is 6.21 Å². The van der Waals surface area contributed by atoms with Crippen LogP contribution in [0.3, 0.4) is 0 Å². The highest BCUT2D eigenvalue weighted by molar-refractivity contribution is 5.82. The summed E-state index contributed by atoms with van der Waals surface area (Å²) in [4.78, 5) is 4.39. The van der Waals surface area contributed by atoms with Gasteiger partial charge in [-0.2, -0.15) is 0 Å². The van der Waals surface area contributed by atoms with Crippen molar-refractivity contribution in [2.24, 2.45) is 4.99 Å². The number of aromatic nitrogens is 1. The molecule has 0 radical (unpaired) electrons. The maximum atomic E-state index is 13.2. The van der Waals surface area contributed by atoms with Crippen LogP contribution in [0.15, 0.2) is 35.5 Å². The highest BCUT2D eigenvalue weighted by Crippen LogP contribution is 2.18. The molecule has 1 aromatic heterocycles. The van der Waals surface area contributed by atoms with Crippen LogP contribution in [-0.2, 0) is 0 Å². The van der Waals surface area contributed by atoms with E-state index in [4.69, 9.17) is 0 Å². The Hall–Kier alpha value is -1.90. The Morgan fingerprint density at radius 3 is 2.53 bits per heavy atom. The zero-order chi connectivity index (χ0) is 14.0. The number of aliphatic imine (C=N–C) groups is 1. The standard InChI is InChI=1S/C16H19FN2/c1-11(2)19-10-14(8-13(19)4)9-18-15-5-6-16(17)12(3)7-15/h5-11H,1-4H3. The molecule has 1 aromatic carbocycles. The van der Waals surface area contributed by atoms with Crippen molar-refractivity contribution < 1.29 is 4.39 Å². The zero-order valence-corrected chi connectivity index (χ0v) is 11.8. The number of aryl methyl sites for hydroxylation is 2. The van der Waals surface area contributed by atoms with Gasteiger partial charge in [-0.15, -0.1) is 0 Å². The van der Waals surface area contributed by atoms with Crippen molar-refractivity contribution in [1.29, 1.82) is 0 Å². The minimum absolute atomic E-state index is 0.194. The third kappa shape index (κ3) is 3.11. The first kappa shape index (κ1) is 13.5. The number of hydrogen-bond donors (Lipinski definition) is 0. The zero-order valence-electron chi connectivity index (χ0n) is 11.8. The molecule has 0 atom stereocenters. The third-order valence-corrected chi connectivity index (χ3v) is 3.13. The monoisotopic (exact) mass is 258 g/mol. The summed E-state index contributed by atoms with van der Waals surface area (Å²) < 4.78 is 15.4. The highest BCUT2D eigenvalue weighted by Gasteiger charge is 2.03. The molecule has 0 N–H and O–H groups in total. The molecule has 0 saturated carbocycles. The van der Waals surface area contributed by atoms with Crippen LogP contribution >= 0.6 is 0 Å². The molecule has 19 heavy (non-hydrogen) atoms. The van der Waals surface area contributed by atoms with Gasteiger partial charge < -0.3 is 4.57 Å². The van der Waals surface area contributed by atoms with Gasteiger partial charge in [-0.3, -0.25) is 4.99 Å². The molecule has 0 fully saturated rings. The molecule has 0 aliphatic heterocycles. The number of halogens is 1. The van der Waals surface area contributed by atoms with Crippen LogP contribution in [0.4, 0.5) is 10.1 Å². The molecule has 0 bridgehead atoms. The van der Waals surface area contributed by atoms with Crippen molar-refractivity contribution >= 4 is 11.9 Å². The molecule has 0 unspecified atom stereocenters. The van der Waals surface area contributed by atoms with Crippen molar-refractivity contribution in [3.8, 4) is 0 Å². The van der Waals surface area contributed by atoms with E-state index < -0.39 is 0 Å². The lowest BCUT2D eigenvalue weighted by atomic mass is 10.2. The van der Waals surface area contributed by atoms with E-state index in [1.165, 1.54) is 11.8 Å². The van der Waals surface area contributed by atoms with Gasteiger partial charge in [0.1, 0.15) is 5.82 Å². The van der Waals surface area contributed by atoms with Crippen LogP contribution in [0.5, 0.6) is 0 Å². The average Bonchev–Trinajstić information content (AvgIpc) is 2.72. The van der Waals surface area contributed by atoms with Crippen molar-refractivity contribution in [3.05, 3.63) is 53.1 Å². The molecule has 100 valence electrons. The second kappa shape index (κ2) is 5.39. The van der Waals surface area contributed by atoms with E-state index in [9.17, 15) is 4.39 Å². The molecule has 0 amide bonds. The Labute approximate surface area is 113 Å².